The summed E-state index contributed by atoms with van der Waals surface area (Å²) in [4.78, 5) is 69.8. The molecule has 16 heteroatoms. The van der Waals surface area contributed by atoms with Crippen LogP contribution in [0.4, 0.5) is 27.5 Å². The molecule has 0 spiro atoms. The molecule has 2 aromatic heterocycles. The molecule has 46 heavy (non-hydrogen) atoms. The number of aromatic nitrogens is 3. The molecule has 0 atom stereocenters. The van der Waals surface area contributed by atoms with Crippen molar-refractivity contribution in [3.8, 4) is 0 Å². The fraction of sp³-hybridized carbons (Fsp3) is 0.367. The summed E-state index contributed by atoms with van der Waals surface area (Å²) in [6.45, 7) is 0.163. The van der Waals surface area contributed by atoms with Gasteiger partial charge in [-0.3, -0.25) is 28.4 Å². The Morgan fingerprint density at radius 2 is 1.61 bits per heavy atom. The van der Waals surface area contributed by atoms with E-state index in [1.54, 1.807) is 0 Å². The quantitative estimate of drug-likeness (QED) is 0.120. The first-order valence-corrected chi connectivity index (χ1v) is 14.7. The number of fused-ring (bicyclic) bond motifs is 4. The van der Waals surface area contributed by atoms with Crippen molar-refractivity contribution in [2.75, 3.05) is 29.1 Å². The standard InChI is InChI=1S/C30H32FN9O6/c31-16-2-1-14(9-15(16)12-35-20-19(32)21(41)22(20)42)11-36-25(43)17-10-18(40-24(38-17)23(33)39-28(40)34)26(44)37-13-29-3-6-30(7-4-29,8-5-29)27(45)46/h1-2,9-10,35H,3-8,11-13,32-33H2,(H2,34,39)(H,36,43)(H,37,44)(H,45,46). The van der Waals surface area contributed by atoms with Crippen molar-refractivity contribution < 1.29 is 23.9 Å². The number of hydrogen-bond donors (Lipinski definition) is 7. The van der Waals surface area contributed by atoms with E-state index in [1.807, 2.05) is 0 Å². The Bertz CT molecular complexity index is 1970. The fourth-order valence-electron chi connectivity index (χ4n) is 6.54. The molecule has 0 saturated heterocycles. The number of carboxylic acids is 1. The fourth-order valence-corrected chi connectivity index (χ4v) is 6.54. The molecule has 4 aromatic rings. The molecule has 240 valence electrons. The average molecular weight is 634 g/mol. The van der Waals surface area contributed by atoms with E-state index < -0.39 is 39.9 Å². The number of nitrogens with two attached hydrogens (primary N) is 3. The van der Waals surface area contributed by atoms with Gasteiger partial charge in [0.15, 0.2) is 11.5 Å². The lowest BCUT2D eigenvalue weighted by Gasteiger charge is -2.51. The van der Waals surface area contributed by atoms with Crippen LogP contribution < -0.4 is 44.0 Å². The molecule has 3 saturated carbocycles. The lowest BCUT2D eigenvalue weighted by Crippen LogP contribution is -2.50. The number of rotatable bonds is 10. The molecule has 7 rings (SSSR count). The number of nitrogen functional groups attached to an aromatic ring is 3. The van der Waals surface area contributed by atoms with Gasteiger partial charge in [-0.2, -0.15) is 4.98 Å². The van der Waals surface area contributed by atoms with Crippen molar-refractivity contribution >= 4 is 46.6 Å². The maximum absolute atomic E-state index is 14.4. The highest BCUT2D eigenvalue weighted by atomic mass is 19.1. The summed E-state index contributed by atoms with van der Waals surface area (Å²) in [7, 11) is 0. The second-order valence-electron chi connectivity index (χ2n) is 12.2. The Labute approximate surface area is 260 Å². The van der Waals surface area contributed by atoms with E-state index in [2.05, 4.69) is 25.9 Å². The van der Waals surface area contributed by atoms with Gasteiger partial charge in [0.05, 0.1) is 5.41 Å². The van der Waals surface area contributed by atoms with Crippen molar-refractivity contribution in [1.82, 2.24) is 25.0 Å². The van der Waals surface area contributed by atoms with Crippen LogP contribution in [0, 0.1) is 16.6 Å². The first-order valence-electron chi connectivity index (χ1n) is 14.7. The molecule has 15 nitrogen and oxygen atoms in total. The SMILES string of the molecule is Nc1c(NCc2cc(CNC(=O)c3cc(C(=O)NCC45CCC(C(=O)O)(CC4)CC5)n4c(N)nc(N)c4n3)ccc2F)c(=O)c1=O. The van der Waals surface area contributed by atoms with Gasteiger partial charge in [-0.25, -0.2) is 9.37 Å². The predicted molar refractivity (Wildman–Crippen MR) is 165 cm³/mol. The van der Waals surface area contributed by atoms with E-state index in [0.29, 0.717) is 50.6 Å². The van der Waals surface area contributed by atoms with Crippen LogP contribution in [0.1, 0.15) is 70.6 Å². The van der Waals surface area contributed by atoms with Gasteiger partial charge in [0, 0.05) is 25.2 Å². The van der Waals surface area contributed by atoms with Crippen LogP contribution in [0.15, 0.2) is 33.9 Å². The van der Waals surface area contributed by atoms with Gasteiger partial charge < -0.3 is 38.3 Å². The van der Waals surface area contributed by atoms with Crippen LogP contribution >= 0.6 is 0 Å². The Morgan fingerprint density at radius 1 is 0.913 bits per heavy atom. The maximum Gasteiger partial charge on any atom is 0.309 e. The van der Waals surface area contributed by atoms with Crippen molar-refractivity contribution in [1.29, 1.82) is 0 Å². The zero-order valence-corrected chi connectivity index (χ0v) is 24.6. The predicted octanol–water partition coefficient (Wildman–Crippen LogP) is 0.908. The third-order valence-corrected chi connectivity index (χ3v) is 9.56. The number of aliphatic carboxylic acids is 1. The Hall–Kier alpha value is -5.54. The highest BCUT2D eigenvalue weighted by molar-refractivity contribution is 5.99. The number of nitrogens with zero attached hydrogens (tertiary/aromatic N) is 3. The van der Waals surface area contributed by atoms with Gasteiger partial charge in [0.2, 0.25) is 5.95 Å². The van der Waals surface area contributed by atoms with Gasteiger partial charge in [-0.1, -0.05) is 6.07 Å². The van der Waals surface area contributed by atoms with E-state index in [-0.39, 0.29) is 64.2 Å². The number of carboxylic acid groups (broad SMARTS) is 1. The van der Waals surface area contributed by atoms with E-state index in [1.165, 1.54) is 28.7 Å². The number of nitrogens with one attached hydrogen (secondary N) is 3. The number of benzene rings is 1. The molecule has 3 aliphatic rings. The molecular formula is C30H32FN9O6. The molecule has 3 fully saturated rings. The van der Waals surface area contributed by atoms with Gasteiger partial charge in [-0.05, 0) is 67.7 Å². The molecule has 2 amide bonds. The van der Waals surface area contributed by atoms with Crippen LogP contribution in [0.2, 0.25) is 0 Å². The highest BCUT2D eigenvalue weighted by Crippen LogP contribution is 2.56. The van der Waals surface area contributed by atoms with E-state index in [0.717, 1.165) is 0 Å². The molecule has 2 aromatic carbocycles. The number of hydrogen-bond acceptors (Lipinski definition) is 11. The summed E-state index contributed by atoms with van der Waals surface area (Å²) in [5.74, 6) is -2.68. The summed E-state index contributed by atoms with van der Waals surface area (Å²) in [5, 5.41) is 18.0. The maximum atomic E-state index is 14.4. The molecule has 10 N–H and O–H groups in total. The monoisotopic (exact) mass is 633 g/mol. The third kappa shape index (κ3) is 5.14. The van der Waals surface area contributed by atoms with Crippen molar-refractivity contribution in [2.24, 2.45) is 10.8 Å². The Balaban J connectivity index is 1.16. The smallest absolute Gasteiger partial charge is 0.309 e. The summed E-state index contributed by atoms with van der Waals surface area (Å²) >= 11 is 0. The lowest BCUT2D eigenvalue weighted by molar-refractivity contribution is -0.158. The zero-order chi connectivity index (χ0) is 33.0. The number of imidazole rings is 1. The largest absolute Gasteiger partial charge is 0.481 e. The van der Waals surface area contributed by atoms with Crippen LogP contribution in [0.25, 0.3) is 5.65 Å². The Morgan fingerprint density at radius 3 is 2.26 bits per heavy atom. The zero-order valence-electron chi connectivity index (χ0n) is 24.6. The topological polar surface area (TPSA) is 250 Å². The number of anilines is 4. The molecule has 2 heterocycles. The summed E-state index contributed by atoms with van der Waals surface area (Å²) in [6.07, 6.45) is 3.74. The second kappa shape index (κ2) is 11.1. The van der Waals surface area contributed by atoms with E-state index in [9.17, 15) is 33.5 Å². The second-order valence-corrected chi connectivity index (χ2v) is 12.2. The Kier molecular flexibility index (Phi) is 7.37. The normalized spacial score (nSPS) is 20.5. The summed E-state index contributed by atoms with van der Waals surface area (Å²) in [5.41, 5.74) is 15.4. The van der Waals surface area contributed by atoms with E-state index in [4.69, 9.17) is 17.2 Å². The molecule has 0 aliphatic heterocycles. The first kappa shape index (κ1) is 30.5. The third-order valence-electron chi connectivity index (χ3n) is 9.56. The lowest BCUT2D eigenvalue weighted by atomic mass is 9.53. The van der Waals surface area contributed by atoms with Gasteiger partial charge in [0.25, 0.3) is 22.7 Å². The molecule has 0 unspecified atom stereocenters. The molecule has 2 bridgehead atoms. The summed E-state index contributed by atoms with van der Waals surface area (Å²) in [6, 6.07) is 5.42. The van der Waals surface area contributed by atoms with Crippen LogP contribution in [-0.4, -0.2) is 43.8 Å². The first-order chi connectivity index (χ1) is 21.8. The van der Waals surface area contributed by atoms with Crippen molar-refractivity contribution in [3.63, 3.8) is 0 Å². The number of halogens is 1. The highest BCUT2D eigenvalue weighted by Gasteiger charge is 2.52. The number of carbonyl (C=O) groups is 3. The number of carbonyl (C=O) groups excluding carboxylic acids is 2. The van der Waals surface area contributed by atoms with Gasteiger partial charge >= 0.3 is 5.97 Å². The van der Waals surface area contributed by atoms with E-state index >= 15 is 0 Å². The number of amides is 2. The minimum absolute atomic E-state index is 0.00695. The summed E-state index contributed by atoms with van der Waals surface area (Å²) < 4.78 is 15.7. The van der Waals surface area contributed by atoms with Crippen LogP contribution in [0.5, 0.6) is 0 Å². The van der Waals surface area contributed by atoms with Crippen molar-refractivity contribution in [2.45, 2.75) is 51.6 Å². The van der Waals surface area contributed by atoms with Crippen LogP contribution in [-0.2, 0) is 17.9 Å². The van der Waals surface area contributed by atoms with Crippen LogP contribution in [0.3, 0.4) is 0 Å². The minimum atomic E-state index is -0.793. The molecule has 3 aliphatic carbocycles. The average Bonchev–Trinajstić information content (AvgIpc) is 3.36. The van der Waals surface area contributed by atoms with Crippen molar-refractivity contribution in [3.05, 3.63) is 73.0 Å². The van der Waals surface area contributed by atoms with Gasteiger partial charge in [-0.15, -0.1) is 0 Å². The minimum Gasteiger partial charge on any atom is -0.481 e. The molecule has 0 radical (unpaired) electrons. The molecular weight excluding hydrogens is 601 g/mol. The van der Waals surface area contributed by atoms with Gasteiger partial charge in [0.1, 0.15) is 28.6 Å².